The summed E-state index contributed by atoms with van der Waals surface area (Å²) in [5, 5.41) is 0.792. The second-order valence-electron chi connectivity index (χ2n) is 7.51. The van der Waals surface area contributed by atoms with Gasteiger partial charge in [-0.3, -0.25) is 4.90 Å². The van der Waals surface area contributed by atoms with Gasteiger partial charge in [-0.25, -0.2) is 9.59 Å². The molecule has 1 aliphatic heterocycles. The molecule has 2 heterocycles. The predicted octanol–water partition coefficient (Wildman–Crippen LogP) is 4.60. The summed E-state index contributed by atoms with van der Waals surface area (Å²) in [4.78, 5) is 30.1. The topological polar surface area (TPSA) is 71.6 Å². The van der Waals surface area contributed by atoms with Crippen molar-refractivity contribution in [3.63, 3.8) is 0 Å². The molecule has 1 fully saturated rings. The number of nitrogens with zero attached hydrogens (tertiary/aromatic N) is 1. The number of aromatic nitrogens is 1. The van der Waals surface area contributed by atoms with Gasteiger partial charge in [0.05, 0.1) is 18.2 Å². The Labute approximate surface area is 169 Å². The molecule has 4 rings (SSSR count). The number of likely N-dealkylation sites (tertiary alicyclic amines) is 1. The molecule has 1 atom stereocenters. The van der Waals surface area contributed by atoms with Gasteiger partial charge in [0.1, 0.15) is 6.61 Å². The summed E-state index contributed by atoms with van der Waals surface area (Å²) in [5.74, 6) is -0.378. The Kier molecular flexibility index (Phi) is 5.01. The van der Waals surface area contributed by atoms with E-state index in [0.29, 0.717) is 12.1 Å². The number of H-pyrrole nitrogens is 1. The van der Waals surface area contributed by atoms with Gasteiger partial charge in [-0.15, -0.1) is 0 Å². The van der Waals surface area contributed by atoms with Gasteiger partial charge in [-0.05, 0) is 43.5 Å². The van der Waals surface area contributed by atoms with Crippen LogP contribution in [0.1, 0.15) is 41.4 Å². The maximum atomic E-state index is 12.9. The van der Waals surface area contributed by atoms with E-state index in [1.54, 1.807) is 11.0 Å². The minimum Gasteiger partial charge on any atom is -0.465 e. The Morgan fingerprint density at radius 3 is 2.69 bits per heavy atom. The van der Waals surface area contributed by atoms with Crippen molar-refractivity contribution in [1.29, 1.82) is 0 Å². The van der Waals surface area contributed by atoms with Crippen LogP contribution in [0.2, 0.25) is 0 Å². The first-order valence-electron chi connectivity index (χ1n) is 9.72. The number of aromatic amines is 1. The van der Waals surface area contributed by atoms with Crippen molar-refractivity contribution in [1.82, 2.24) is 9.88 Å². The molecule has 6 heteroatoms. The average molecular weight is 392 g/mol. The number of carbonyl (C=O) groups is 2. The van der Waals surface area contributed by atoms with E-state index in [1.165, 1.54) is 7.11 Å². The number of ether oxygens (including phenoxy) is 2. The number of amides is 1. The number of nitrogens with one attached hydrogen (secondary N) is 1. The van der Waals surface area contributed by atoms with Crippen LogP contribution in [-0.4, -0.2) is 35.6 Å². The largest absolute Gasteiger partial charge is 0.465 e. The lowest BCUT2D eigenvalue weighted by atomic mass is 9.94. The van der Waals surface area contributed by atoms with Crippen LogP contribution in [0.15, 0.2) is 54.6 Å². The van der Waals surface area contributed by atoms with E-state index < -0.39 is 5.54 Å². The summed E-state index contributed by atoms with van der Waals surface area (Å²) in [7, 11) is 1.37. The first kappa shape index (κ1) is 19.1. The number of methoxy groups -OCH3 is 1. The standard InChI is InChI=1S/C23H24N2O4/c1-23(20-14-18-17(21(26)28-2)10-6-11-19(18)24-20)12-7-13-25(23)22(27)29-15-16-8-4-3-5-9-16/h3-6,8-11,14,24H,7,12-13,15H2,1-2H3. The van der Waals surface area contributed by atoms with Gasteiger partial charge in [0.15, 0.2) is 0 Å². The molecule has 1 N–H and O–H groups in total. The lowest BCUT2D eigenvalue weighted by Crippen LogP contribution is -2.43. The molecule has 150 valence electrons. The minimum absolute atomic E-state index is 0.242. The molecule has 0 bridgehead atoms. The Hall–Kier alpha value is -3.28. The van der Waals surface area contributed by atoms with Gasteiger partial charge in [0.2, 0.25) is 0 Å². The van der Waals surface area contributed by atoms with Crippen molar-refractivity contribution >= 4 is 23.0 Å². The molecule has 1 saturated heterocycles. The van der Waals surface area contributed by atoms with E-state index in [0.717, 1.165) is 35.0 Å². The smallest absolute Gasteiger partial charge is 0.410 e. The molecule has 2 aromatic carbocycles. The Balaban J connectivity index is 1.61. The highest BCUT2D eigenvalue weighted by Gasteiger charge is 2.43. The van der Waals surface area contributed by atoms with Crippen LogP contribution >= 0.6 is 0 Å². The summed E-state index contributed by atoms with van der Waals surface area (Å²) < 4.78 is 10.5. The summed E-state index contributed by atoms with van der Waals surface area (Å²) in [6, 6.07) is 17.1. The third-order valence-electron chi connectivity index (χ3n) is 5.72. The quantitative estimate of drug-likeness (QED) is 0.659. The van der Waals surface area contributed by atoms with Crippen molar-refractivity contribution in [2.24, 2.45) is 0 Å². The van der Waals surface area contributed by atoms with Crippen molar-refractivity contribution in [2.45, 2.75) is 31.9 Å². The Morgan fingerprint density at radius 1 is 1.14 bits per heavy atom. The fraction of sp³-hybridized carbons (Fsp3) is 0.304. The van der Waals surface area contributed by atoms with E-state index in [9.17, 15) is 9.59 Å². The molecular formula is C23H24N2O4. The number of hydrogen-bond donors (Lipinski definition) is 1. The van der Waals surface area contributed by atoms with Gasteiger partial charge in [0, 0.05) is 23.1 Å². The van der Waals surface area contributed by atoms with Crippen LogP contribution in [0.5, 0.6) is 0 Å². The van der Waals surface area contributed by atoms with E-state index in [2.05, 4.69) is 4.98 Å². The van der Waals surface area contributed by atoms with Crippen LogP contribution in [0.3, 0.4) is 0 Å². The van der Waals surface area contributed by atoms with Crippen LogP contribution in [0, 0.1) is 0 Å². The van der Waals surface area contributed by atoms with Crippen molar-refractivity contribution < 1.29 is 19.1 Å². The molecule has 0 saturated carbocycles. The number of hydrogen-bond acceptors (Lipinski definition) is 4. The highest BCUT2D eigenvalue weighted by Crippen LogP contribution is 2.40. The third kappa shape index (κ3) is 3.46. The lowest BCUT2D eigenvalue weighted by Gasteiger charge is -2.33. The van der Waals surface area contributed by atoms with E-state index >= 15 is 0 Å². The van der Waals surface area contributed by atoms with E-state index in [4.69, 9.17) is 9.47 Å². The molecule has 0 aliphatic carbocycles. The fourth-order valence-corrected chi connectivity index (χ4v) is 4.07. The molecule has 1 unspecified atom stereocenters. The van der Waals surface area contributed by atoms with Crippen molar-refractivity contribution in [3.05, 3.63) is 71.4 Å². The summed E-state index contributed by atoms with van der Waals surface area (Å²) in [5.41, 5.74) is 2.66. The average Bonchev–Trinajstić information content (AvgIpc) is 3.36. The number of benzene rings is 2. The number of rotatable bonds is 4. The van der Waals surface area contributed by atoms with Gasteiger partial charge in [-0.1, -0.05) is 36.4 Å². The van der Waals surface area contributed by atoms with Gasteiger partial charge < -0.3 is 14.5 Å². The second kappa shape index (κ2) is 7.62. The lowest BCUT2D eigenvalue weighted by molar-refractivity contribution is 0.0602. The molecule has 1 aromatic heterocycles. The number of esters is 1. The maximum Gasteiger partial charge on any atom is 0.410 e. The normalized spacial score (nSPS) is 18.8. The molecule has 1 aliphatic rings. The van der Waals surface area contributed by atoms with Crippen LogP contribution in [0.25, 0.3) is 10.9 Å². The van der Waals surface area contributed by atoms with Crippen LogP contribution in [0.4, 0.5) is 4.79 Å². The summed E-state index contributed by atoms with van der Waals surface area (Å²) in [6.45, 7) is 2.90. The Bertz CT molecular complexity index is 1040. The zero-order valence-corrected chi connectivity index (χ0v) is 16.6. The van der Waals surface area contributed by atoms with Gasteiger partial charge in [0.25, 0.3) is 0 Å². The summed E-state index contributed by atoms with van der Waals surface area (Å²) >= 11 is 0. The molecule has 0 spiro atoms. The van der Waals surface area contributed by atoms with Crippen molar-refractivity contribution in [2.75, 3.05) is 13.7 Å². The van der Waals surface area contributed by atoms with Gasteiger partial charge >= 0.3 is 12.1 Å². The monoisotopic (exact) mass is 392 g/mol. The molecule has 3 aromatic rings. The highest BCUT2D eigenvalue weighted by atomic mass is 16.6. The Morgan fingerprint density at radius 2 is 1.93 bits per heavy atom. The van der Waals surface area contributed by atoms with Gasteiger partial charge in [-0.2, -0.15) is 0 Å². The predicted molar refractivity (Wildman–Crippen MR) is 110 cm³/mol. The molecule has 29 heavy (non-hydrogen) atoms. The second-order valence-corrected chi connectivity index (χ2v) is 7.51. The van der Waals surface area contributed by atoms with Crippen LogP contribution in [-0.2, 0) is 21.6 Å². The molecule has 6 nitrogen and oxygen atoms in total. The van der Waals surface area contributed by atoms with Crippen LogP contribution < -0.4 is 0 Å². The first-order chi connectivity index (χ1) is 14.0. The van der Waals surface area contributed by atoms with E-state index in [-0.39, 0.29) is 18.7 Å². The molecule has 1 amide bonds. The fourth-order valence-electron chi connectivity index (χ4n) is 4.07. The van der Waals surface area contributed by atoms with Crippen molar-refractivity contribution in [3.8, 4) is 0 Å². The zero-order chi connectivity index (χ0) is 20.4. The number of fused-ring (bicyclic) bond motifs is 1. The summed E-state index contributed by atoms with van der Waals surface area (Å²) in [6.07, 6.45) is 1.37. The number of carbonyl (C=O) groups excluding carboxylic acids is 2. The third-order valence-corrected chi connectivity index (χ3v) is 5.72. The molecule has 0 radical (unpaired) electrons. The maximum absolute atomic E-state index is 12.9. The van der Waals surface area contributed by atoms with E-state index in [1.807, 2.05) is 55.5 Å². The molecular weight excluding hydrogens is 368 g/mol. The highest BCUT2D eigenvalue weighted by molar-refractivity contribution is 6.04. The zero-order valence-electron chi connectivity index (χ0n) is 16.6. The SMILES string of the molecule is COC(=O)c1cccc2[nH]c(C3(C)CCCN3C(=O)OCc3ccccc3)cc12. The minimum atomic E-state index is -0.528. The first-order valence-corrected chi connectivity index (χ1v) is 9.72.